The minimum Gasteiger partial charge on any atom is -0.370 e. The van der Waals surface area contributed by atoms with Gasteiger partial charge in [0.05, 0.1) is 5.92 Å². The molecule has 0 aliphatic heterocycles. The maximum absolute atomic E-state index is 12.4. The fraction of sp³-hybridized carbons (Fsp3) is 0.955. The molecule has 27 heavy (non-hydrogen) atoms. The van der Waals surface area contributed by atoms with Crippen molar-refractivity contribution < 1.29 is 9.63 Å². The van der Waals surface area contributed by atoms with E-state index in [1.165, 1.54) is 64.2 Å². The number of hydroxylamine groups is 1. The van der Waals surface area contributed by atoms with E-state index in [-0.39, 0.29) is 11.9 Å². The van der Waals surface area contributed by atoms with E-state index in [4.69, 9.17) is 10.6 Å². The number of hydrogen-bond acceptors (Lipinski definition) is 5. The third-order valence-electron chi connectivity index (χ3n) is 5.04. The van der Waals surface area contributed by atoms with Crippen LogP contribution >= 0.6 is 0 Å². The molecule has 0 aliphatic carbocycles. The quantitative estimate of drug-likeness (QED) is 0.197. The summed E-state index contributed by atoms with van der Waals surface area (Å²) in [6, 6.07) is 0. The van der Waals surface area contributed by atoms with Crippen LogP contribution in [0, 0.1) is 5.92 Å². The van der Waals surface area contributed by atoms with E-state index in [1.807, 2.05) is 0 Å². The van der Waals surface area contributed by atoms with Gasteiger partial charge in [0.1, 0.15) is 0 Å². The monoisotopic (exact) mass is 385 g/mol. The first-order chi connectivity index (χ1) is 13.3. The van der Waals surface area contributed by atoms with Crippen LogP contribution in [0.3, 0.4) is 0 Å². The zero-order chi connectivity index (χ0) is 20.0. The van der Waals surface area contributed by atoms with Crippen molar-refractivity contribution in [1.29, 1.82) is 0 Å². The van der Waals surface area contributed by atoms with Gasteiger partial charge >= 0.3 is 5.97 Å². The Morgan fingerprint density at radius 2 is 1.30 bits per heavy atom. The van der Waals surface area contributed by atoms with Crippen molar-refractivity contribution in [3.05, 3.63) is 0 Å². The van der Waals surface area contributed by atoms with Crippen LogP contribution in [0.15, 0.2) is 0 Å². The molecular weight excluding hydrogens is 338 g/mol. The molecular formula is C22H47N3O2. The first kappa shape index (κ1) is 26.4. The highest BCUT2D eigenvalue weighted by molar-refractivity contribution is 5.72. The van der Waals surface area contributed by atoms with Crippen LogP contribution < -0.4 is 16.5 Å². The molecule has 5 nitrogen and oxygen atoms in total. The lowest BCUT2D eigenvalue weighted by atomic mass is 9.94. The summed E-state index contributed by atoms with van der Waals surface area (Å²) in [7, 11) is 0. The van der Waals surface area contributed by atoms with Crippen LogP contribution in [-0.2, 0) is 9.63 Å². The summed E-state index contributed by atoms with van der Waals surface area (Å²) >= 11 is 0. The second-order valence-electron chi connectivity index (χ2n) is 7.66. The predicted octanol–water partition coefficient (Wildman–Crippen LogP) is 4.70. The molecule has 0 fully saturated rings. The molecule has 0 saturated heterocycles. The first-order valence-electron chi connectivity index (χ1n) is 11.6. The van der Waals surface area contributed by atoms with Crippen LogP contribution in [-0.4, -0.2) is 32.1 Å². The van der Waals surface area contributed by atoms with Crippen LogP contribution in [0.25, 0.3) is 0 Å². The molecule has 0 unspecified atom stereocenters. The Kier molecular flexibility index (Phi) is 21.1. The fourth-order valence-corrected chi connectivity index (χ4v) is 3.29. The smallest absolute Gasteiger partial charge is 0.327 e. The minimum atomic E-state index is -0.0732. The Balaban J connectivity index is 4.02. The average molecular weight is 386 g/mol. The number of rotatable bonds is 21. The van der Waals surface area contributed by atoms with Gasteiger partial charge in [-0.05, 0) is 12.8 Å². The third kappa shape index (κ3) is 18.5. The Bertz CT molecular complexity index is 298. The maximum Gasteiger partial charge on any atom is 0.327 e. The molecule has 0 saturated carbocycles. The summed E-state index contributed by atoms with van der Waals surface area (Å²) in [6.45, 7) is 7.26. The van der Waals surface area contributed by atoms with Gasteiger partial charge in [-0.25, -0.2) is 0 Å². The van der Waals surface area contributed by atoms with E-state index >= 15 is 0 Å². The molecule has 0 aromatic rings. The molecule has 0 aromatic carbocycles. The van der Waals surface area contributed by atoms with Gasteiger partial charge in [0.15, 0.2) is 0 Å². The van der Waals surface area contributed by atoms with Gasteiger partial charge in [0.25, 0.3) is 0 Å². The van der Waals surface area contributed by atoms with Gasteiger partial charge in [0, 0.05) is 26.2 Å². The van der Waals surface area contributed by atoms with Crippen molar-refractivity contribution in [3.63, 3.8) is 0 Å². The molecule has 0 amide bonds. The van der Waals surface area contributed by atoms with Crippen LogP contribution in [0.2, 0.25) is 0 Å². The Morgan fingerprint density at radius 1 is 0.778 bits per heavy atom. The van der Waals surface area contributed by atoms with Crippen molar-refractivity contribution in [2.75, 3.05) is 26.2 Å². The molecule has 0 atom stereocenters. The summed E-state index contributed by atoms with van der Waals surface area (Å²) in [5.41, 5.74) is 8.24. The van der Waals surface area contributed by atoms with Gasteiger partial charge in [0.2, 0.25) is 0 Å². The lowest BCUT2D eigenvalue weighted by molar-refractivity contribution is -0.156. The van der Waals surface area contributed by atoms with Gasteiger partial charge in [-0.3, -0.25) is 4.79 Å². The minimum absolute atomic E-state index is 0.0480. The summed E-state index contributed by atoms with van der Waals surface area (Å²) in [6.07, 6.45) is 17.1. The second kappa shape index (κ2) is 21.6. The third-order valence-corrected chi connectivity index (χ3v) is 5.04. The van der Waals surface area contributed by atoms with Gasteiger partial charge < -0.3 is 15.9 Å². The molecule has 5 heteroatoms. The molecule has 0 radical (unpaired) electrons. The Morgan fingerprint density at radius 3 is 1.81 bits per heavy atom. The van der Waals surface area contributed by atoms with E-state index in [2.05, 4.69) is 24.6 Å². The van der Waals surface area contributed by atoms with Crippen molar-refractivity contribution >= 4 is 5.97 Å². The number of unbranched alkanes of at least 4 members (excludes halogenated alkanes) is 10. The van der Waals surface area contributed by atoms with Crippen molar-refractivity contribution in [2.24, 2.45) is 11.7 Å². The van der Waals surface area contributed by atoms with E-state index < -0.39 is 0 Å². The number of carbonyl (C=O) groups excluding carboxylic acids is 1. The summed E-state index contributed by atoms with van der Waals surface area (Å²) in [5, 5.41) is 3.18. The van der Waals surface area contributed by atoms with Gasteiger partial charge in [-0.15, -0.1) is 0 Å². The predicted molar refractivity (Wildman–Crippen MR) is 115 cm³/mol. The molecule has 4 N–H and O–H groups in total. The topological polar surface area (TPSA) is 76.4 Å². The summed E-state index contributed by atoms with van der Waals surface area (Å²) < 4.78 is 0. The largest absolute Gasteiger partial charge is 0.370 e. The molecule has 0 bridgehead atoms. The van der Waals surface area contributed by atoms with E-state index in [1.54, 1.807) is 0 Å². The molecule has 0 aromatic heterocycles. The highest BCUT2D eigenvalue weighted by atomic mass is 16.7. The zero-order valence-corrected chi connectivity index (χ0v) is 18.2. The van der Waals surface area contributed by atoms with Crippen LogP contribution in [0.5, 0.6) is 0 Å². The molecule has 162 valence electrons. The lowest BCUT2D eigenvalue weighted by Gasteiger charge is -2.16. The van der Waals surface area contributed by atoms with E-state index in [0.717, 1.165) is 38.8 Å². The fourth-order valence-electron chi connectivity index (χ4n) is 3.29. The molecule has 0 rings (SSSR count). The normalized spacial score (nSPS) is 11.3. The molecule has 0 aliphatic rings. The number of carbonyl (C=O) groups is 1. The molecule has 0 heterocycles. The number of hydrogen-bond donors (Lipinski definition) is 3. The Labute approximate surface area is 168 Å². The SMILES string of the molecule is CCCCCCCCC(CCCCCCCC)C(=O)ONCCNCCN. The van der Waals surface area contributed by atoms with Crippen molar-refractivity contribution in [2.45, 2.75) is 104 Å². The van der Waals surface area contributed by atoms with Crippen molar-refractivity contribution in [1.82, 2.24) is 10.8 Å². The highest BCUT2D eigenvalue weighted by Crippen LogP contribution is 2.20. The maximum atomic E-state index is 12.4. The van der Waals surface area contributed by atoms with Gasteiger partial charge in [-0.1, -0.05) is 90.9 Å². The number of nitrogens with one attached hydrogen (secondary N) is 2. The Hall–Kier alpha value is -0.650. The van der Waals surface area contributed by atoms with Crippen LogP contribution in [0.1, 0.15) is 104 Å². The van der Waals surface area contributed by atoms with E-state index in [9.17, 15) is 4.79 Å². The average Bonchev–Trinajstić information content (AvgIpc) is 2.68. The summed E-state index contributed by atoms with van der Waals surface area (Å²) in [5.74, 6) is -0.0252. The highest BCUT2D eigenvalue weighted by Gasteiger charge is 2.19. The number of nitrogens with two attached hydrogens (primary N) is 1. The standard InChI is InChI=1S/C22H47N3O2/c1-3-5-7-9-11-13-15-21(16-14-12-10-8-6-4-2)22(26)27-25-20-19-24-18-17-23/h21,24-25H,3-20,23H2,1-2H3. The molecule has 0 spiro atoms. The van der Waals surface area contributed by atoms with Crippen LogP contribution in [0.4, 0.5) is 0 Å². The van der Waals surface area contributed by atoms with Crippen molar-refractivity contribution in [3.8, 4) is 0 Å². The summed E-state index contributed by atoms with van der Waals surface area (Å²) in [4.78, 5) is 17.8. The van der Waals surface area contributed by atoms with Gasteiger partial charge in [-0.2, -0.15) is 5.48 Å². The zero-order valence-electron chi connectivity index (χ0n) is 18.2. The first-order valence-corrected chi connectivity index (χ1v) is 11.6. The second-order valence-corrected chi connectivity index (χ2v) is 7.66. The van der Waals surface area contributed by atoms with E-state index in [0.29, 0.717) is 13.1 Å². The lowest BCUT2D eigenvalue weighted by Crippen LogP contribution is -2.33.